The number of rotatable bonds is 4. The van der Waals surface area contributed by atoms with Gasteiger partial charge in [-0.25, -0.2) is 0 Å². The van der Waals surface area contributed by atoms with Gasteiger partial charge in [0.05, 0.1) is 11.0 Å². The molecule has 114 valence electrons. The third kappa shape index (κ3) is 3.14. The van der Waals surface area contributed by atoms with Crippen LogP contribution < -0.4 is 0 Å². The Kier molecular flexibility index (Phi) is 4.56. The van der Waals surface area contributed by atoms with E-state index in [0.29, 0.717) is 11.1 Å². The number of carbonyl (C=O) groups excluding carboxylic acids is 1. The third-order valence-electron chi connectivity index (χ3n) is 3.82. The largest absolute Gasteiger partial charge is 0.335 e. The fourth-order valence-corrected chi connectivity index (χ4v) is 2.33. The first-order valence-electron chi connectivity index (χ1n) is 6.99. The van der Waals surface area contributed by atoms with Crippen molar-refractivity contribution in [2.45, 2.75) is 19.9 Å². The fraction of sp³-hybridized carbons (Fsp3) is 0.235. The summed E-state index contributed by atoms with van der Waals surface area (Å²) in [5.74, 6) is -0.158. The van der Waals surface area contributed by atoms with Gasteiger partial charge in [0.1, 0.15) is 0 Å². The fourth-order valence-electron chi connectivity index (χ4n) is 2.33. The summed E-state index contributed by atoms with van der Waals surface area (Å²) in [7, 11) is 1.73. The van der Waals surface area contributed by atoms with E-state index in [9.17, 15) is 14.9 Å². The van der Waals surface area contributed by atoms with E-state index in [1.54, 1.807) is 24.9 Å². The van der Waals surface area contributed by atoms with Gasteiger partial charge in [0.15, 0.2) is 0 Å². The van der Waals surface area contributed by atoms with Crippen LogP contribution in [0.15, 0.2) is 48.5 Å². The summed E-state index contributed by atoms with van der Waals surface area (Å²) in [6.07, 6.45) is 0. The maximum absolute atomic E-state index is 12.5. The van der Waals surface area contributed by atoms with Crippen LogP contribution in [0.3, 0.4) is 0 Å². The molecule has 1 amide bonds. The minimum absolute atomic E-state index is 0.0234. The lowest BCUT2D eigenvalue weighted by atomic mass is 10.0. The molecule has 0 aliphatic rings. The summed E-state index contributed by atoms with van der Waals surface area (Å²) in [5, 5.41) is 10.8. The Morgan fingerprint density at radius 2 is 1.82 bits per heavy atom. The SMILES string of the molecule is Cc1cc(C(=O)N(C)C(C)c2ccccc2)ccc1[N+](=O)[O-]. The zero-order chi connectivity index (χ0) is 16.3. The predicted octanol–water partition coefficient (Wildman–Crippen LogP) is 3.74. The minimum Gasteiger partial charge on any atom is -0.335 e. The van der Waals surface area contributed by atoms with Crippen LogP contribution >= 0.6 is 0 Å². The average Bonchev–Trinajstić information content (AvgIpc) is 2.53. The lowest BCUT2D eigenvalue weighted by Gasteiger charge is -2.25. The maximum Gasteiger partial charge on any atom is 0.272 e. The second-order valence-electron chi connectivity index (χ2n) is 5.26. The lowest BCUT2D eigenvalue weighted by Crippen LogP contribution is -2.29. The zero-order valence-electron chi connectivity index (χ0n) is 12.8. The van der Waals surface area contributed by atoms with Crippen molar-refractivity contribution in [3.63, 3.8) is 0 Å². The first-order chi connectivity index (χ1) is 10.4. The molecule has 0 aliphatic heterocycles. The van der Waals surface area contributed by atoms with Crippen LogP contribution in [0, 0.1) is 17.0 Å². The third-order valence-corrected chi connectivity index (χ3v) is 3.82. The normalized spacial score (nSPS) is 11.8. The summed E-state index contributed by atoms with van der Waals surface area (Å²) in [6.45, 7) is 3.58. The van der Waals surface area contributed by atoms with Gasteiger partial charge in [-0.15, -0.1) is 0 Å². The van der Waals surface area contributed by atoms with Gasteiger partial charge >= 0.3 is 0 Å². The summed E-state index contributed by atoms with van der Waals surface area (Å²) in [6, 6.07) is 14.1. The Bertz CT molecular complexity index is 698. The number of carbonyl (C=O) groups is 1. The monoisotopic (exact) mass is 298 g/mol. The molecular weight excluding hydrogens is 280 g/mol. The van der Waals surface area contributed by atoms with Gasteiger partial charge in [-0.2, -0.15) is 0 Å². The van der Waals surface area contributed by atoms with E-state index in [0.717, 1.165) is 5.56 Å². The molecule has 0 aromatic heterocycles. The second kappa shape index (κ2) is 6.39. The van der Waals surface area contributed by atoms with Gasteiger partial charge in [0, 0.05) is 24.2 Å². The van der Waals surface area contributed by atoms with Gasteiger partial charge in [-0.05, 0) is 31.5 Å². The first-order valence-corrected chi connectivity index (χ1v) is 6.99. The number of aryl methyl sites for hydroxylation is 1. The molecule has 2 aromatic carbocycles. The van der Waals surface area contributed by atoms with Gasteiger partial charge < -0.3 is 4.90 Å². The van der Waals surface area contributed by atoms with E-state index in [1.807, 2.05) is 37.3 Å². The highest BCUT2D eigenvalue weighted by Gasteiger charge is 2.20. The van der Waals surface area contributed by atoms with Crippen molar-refractivity contribution in [2.24, 2.45) is 0 Å². The van der Waals surface area contributed by atoms with E-state index in [2.05, 4.69) is 0 Å². The van der Waals surface area contributed by atoms with Crippen molar-refractivity contribution in [1.82, 2.24) is 4.90 Å². The van der Waals surface area contributed by atoms with E-state index in [4.69, 9.17) is 0 Å². The highest BCUT2D eigenvalue weighted by atomic mass is 16.6. The van der Waals surface area contributed by atoms with E-state index in [-0.39, 0.29) is 17.6 Å². The highest BCUT2D eigenvalue weighted by Crippen LogP contribution is 2.23. The van der Waals surface area contributed by atoms with Gasteiger partial charge in [0.2, 0.25) is 0 Å². The molecule has 0 bridgehead atoms. The van der Waals surface area contributed by atoms with Crippen LogP contribution in [-0.4, -0.2) is 22.8 Å². The van der Waals surface area contributed by atoms with Crippen LogP contribution in [-0.2, 0) is 0 Å². The summed E-state index contributed by atoms with van der Waals surface area (Å²) in [5.41, 5.74) is 2.00. The van der Waals surface area contributed by atoms with Gasteiger partial charge in [0.25, 0.3) is 11.6 Å². The number of nitro benzene ring substituents is 1. The smallest absolute Gasteiger partial charge is 0.272 e. The van der Waals surface area contributed by atoms with Gasteiger partial charge in [-0.3, -0.25) is 14.9 Å². The van der Waals surface area contributed by atoms with E-state index < -0.39 is 4.92 Å². The average molecular weight is 298 g/mol. The number of hydrogen-bond donors (Lipinski definition) is 0. The van der Waals surface area contributed by atoms with Crippen molar-refractivity contribution < 1.29 is 9.72 Å². The standard InChI is InChI=1S/C17H18N2O3/c1-12-11-15(9-10-16(12)19(21)22)17(20)18(3)13(2)14-7-5-4-6-8-14/h4-11,13H,1-3H3. The Balaban J connectivity index is 2.24. The van der Waals surface area contributed by atoms with Crippen LogP contribution in [0.1, 0.15) is 34.5 Å². The predicted molar refractivity (Wildman–Crippen MR) is 84.8 cm³/mol. The van der Waals surface area contributed by atoms with Crippen molar-refractivity contribution in [3.05, 3.63) is 75.3 Å². The van der Waals surface area contributed by atoms with Crippen LogP contribution in [0.2, 0.25) is 0 Å². The Morgan fingerprint density at radius 1 is 1.18 bits per heavy atom. The molecule has 1 unspecified atom stereocenters. The number of amides is 1. The molecule has 0 N–H and O–H groups in total. The molecule has 5 heteroatoms. The highest BCUT2D eigenvalue weighted by molar-refractivity contribution is 5.94. The minimum atomic E-state index is -0.445. The van der Waals surface area contributed by atoms with E-state index in [1.165, 1.54) is 12.1 Å². The van der Waals surface area contributed by atoms with Crippen LogP contribution in [0.5, 0.6) is 0 Å². The van der Waals surface area contributed by atoms with E-state index >= 15 is 0 Å². The number of nitro groups is 1. The van der Waals surface area contributed by atoms with Gasteiger partial charge in [-0.1, -0.05) is 30.3 Å². The first kappa shape index (κ1) is 15.7. The molecule has 1 atom stereocenters. The molecule has 2 rings (SSSR count). The molecule has 5 nitrogen and oxygen atoms in total. The molecule has 0 aliphatic carbocycles. The van der Waals surface area contributed by atoms with Crippen molar-refractivity contribution in [3.8, 4) is 0 Å². The van der Waals surface area contributed by atoms with Crippen molar-refractivity contribution in [2.75, 3.05) is 7.05 Å². The van der Waals surface area contributed by atoms with Crippen molar-refractivity contribution >= 4 is 11.6 Å². The quantitative estimate of drug-likeness (QED) is 0.638. The molecule has 0 saturated carbocycles. The molecule has 0 radical (unpaired) electrons. The molecule has 0 heterocycles. The Labute approximate surface area is 129 Å². The Hall–Kier alpha value is -2.69. The molecule has 0 saturated heterocycles. The molecular formula is C17H18N2O3. The van der Waals surface area contributed by atoms with Crippen molar-refractivity contribution in [1.29, 1.82) is 0 Å². The van der Waals surface area contributed by atoms with Crippen LogP contribution in [0.25, 0.3) is 0 Å². The summed E-state index contributed by atoms with van der Waals surface area (Å²) in [4.78, 5) is 24.6. The number of benzene rings is 2. The summed E-state index contributed by atoms with van der Waals surface area (Å²) < 4.78 is 0. The second-order valence-corrected chi connectivity index (χ2v) is 5.26. The number of nitrogens with zero attached hydrogens (tertiary/aromatic N) is 2. The molecule has 0 spiro atoms. The lowest BCUT2D eigenvalue weighted by molar-refractivity contribution is -0.385. The maximum atomic E-state index is 12.5. The zero-order valence-corrected chi connectivity index (χ0v) is 12.8. The molecule has 0 fully saturated rings. The number of hydrogen-bond acceptors (Lipinski definition) is 3. The molecule has 2 aromatic rings. The topological polar surface area (TPSA) is 63.5 Å². The van der Waals surface area contributed by atoms with Crippen LogP contribution in [0.4, 0.5) is 5.69 Å². The Morgan fingerprint density at radius 3 is 2.36 bits per heavy atom. The summed E-state index contributed by atoms with van der Waals surface area (Å²) >= 11 is 0. The molecule has 22 heavy (non-hydrogen) atoms.